The number of amides is 2. The lowest BCUT2D eigenvalue weighted by atomic mass is 10.1. The van der Waals surface area contributed by atoms with E-state index < -0.39 is 15.9 Å². The van der Waals surface area contributed by atoms with Gasteiger partial charge in [-0.15, -0.1) is 0 Å². The Hall–Kier alpha value is -2.13. The Morgan fingerprint density at radius 3 is 2.79 bits per heavy atom. The highest BCUT2D eigenvalue weighted by atomic mass is 32.2. The normalized spacial score (nSPS) is 24.0. The average Bonchev–Trinajstić information content (AvgIpc) is 3.05. The molecule has 154 valence electrons. The van der Waals surface area contributed by atoms with Gasteiger partial charge in [-0.05, 0) is 37.5 Å². The number of aliphatic hydroxyl groups excluding tert-OH is 1. The first-order chi connectivity index (χ1) is 13.2. The van der Waals surface area contributed by atoms with Crippen LogP contribution >= 0.6 is 0 Å². The first-order valence-electron chi connectivity index (χ1n) is 9.52. The van der Waals surface area contributed by atoms with Crippen molar-refractivity contribution in [1.29, 1.82) is 0 Å². The topological polar surface area (TPSA) is 107 Å². The predicted molar refractivity (Wildman–Crippen MR) is 106 cm³/mol. The van der Waals surface area contributed by atoms with E-state index in [0.717, 1.165) is 6.42 Å². The number of hydrogen-bond acceptors (Lipinski definition) is 6. The van der Waals surface area contributed by atoms with E-state index in [9.17, 15) is 23.1 Å². The molecule has 2 heterocycles. The van der Waals surface area contributed by atoms with Crippen molar-refractivity contribution in [2.24, 2.45) is 0 Å². The van der Waals surface area contributed by atoms with Crippen LogP contribution in [0.2, 0.25) is 0 Å². The third-order valence-corrected chi connectivity index (χ3v) is 7.14. The van der Waals surface area contributed by atoms with Crippen LogP contribution < -0.4 is 5.32 Å². The summed E-state index contributed by atoms with van der Waals surface area (Å²) in [7, 11) is -1.42. The Morgan fingerprint density at radius 1 is 1.32 bits per heavy atom. The fourth-order valence-electron chi connectivity index (χ4n) is 3.67. The van der Waals surface area contributed by atoms with E-state index in [1.165, 1.54) is 4.90 Å². The van der Waals surface area contributed by atoms with Crippen LogP contribution in [-0.2, 0) is 14.6 Å². The number of likely N-dealkylation sites (N-methyl/N-ethyl adjacent to an activating group) is 1. The van der Waals surface area contributed by atoms with E-state index >= 15 is 0 Å². The third kappa shape index (κ3) is 5.02. The first kappa shape index (κ1) is 20.6. The van der Waals surface area contributed by atoms with Crippen molar-refractivity contribution in [2.45, 2.75) is 31.4 Å². The van der Waals surface area contributed by atoms with Crippen molar-refractivity contribution in [2.75, 3.05) is 43.5 Å². The molecule has 2 fully saturated rings. The Labute approximate surface area is 165 Å². The summed E-state index contributed by atoms with van der Waals surface area (Å²) >= 11 is 0. The molecule has 0 unspecified atom stereocenters. The number of benzene rings is 1. The van der Waals surface area contributed by atoms with Gasteiger partial charge in [0, 0.05) is 37.4 Å². The number of nitrogens with one attached hydrogen (secondary N) is 1. The van der Waals surface area contributed by atoms with Gasteiger partial charge in [0.1, 0.15) is 0 Å². The molecule has 0 spiro atoms. The minimum Gasteiger partial charge on any atom is -0.391 e. The molecule has 2 N–H and O–H groups in total. The first-order valence-corrected chi connectivity index (χ1v) is 11.3. The molecule has 1 aromatic rings. The van der Waals surface area contributed by atoms with Gasteiger partial charge in [0.05, 0.1) is 24.2 Å². The Bertz CT molecular complexity index is 842. The van der Waals surface area contributed by atoms with Crippen molar-refractivity contribution in [3.63, 3.8) is 0 Å². The molecule has 9 heteroatoms. The SMILES string of the molecule is CN(C(=O)CNc1cccc(C(=O)N2CCC[C@@H](O)C2)c1)[C@@H]1CCS(=O)(=O)C1. The molecule has 3 rings (SSSR count). The highest BCUT2D eigenvalue weighted by Gasteiger charge is 2.32. The number of piperidine rings is 1. The predicted octanol–water partition coefficient (Wildman–Crippen LogP) is 0.341. The second kappa shape index (κ2) is 8.48. The Kier molecular flexibility index (Phi) is 6.24. The van der Waals surface area contributed by atoms with Crippen molar-refractivity contribution >= 4 is 27.3 Å². The van der Waals surface area contributed by atoms with E-state index in [2.05, 4.69) is 5.32 Å². The van der Waals surface area contributed by atoms with Crippen molar-refractivity contribution < 1.29 is 23.1 Å². The average molecular weight is 410 g/mol. The largest absolute Gasteiger partial charge is 0.391 e. The number of nitrogens with zero attached hydrogens (tertiary/aromatic N) is 2. The third-order valence-electron chi connectivity index (χ3n) is 5.39. The number of carbonyl (C=O) groups is 2. The zero-order chi connectivity index (χ0) is 20.3. The van der Waals surface area contributed by atoms with Gasteiger partial charge in [-0.1, -0.05) is 6.07 Å². The van der Waals surface area contributed by atoms with Gasteiger partial charge in [-0.3, -0.25) is 9.59 Å². The van der Waals surface area contributed by atoms with Gasteiger partial charge in [-0.2, -0.15) is 0 Å². The van der Waals surface area contributed by atoms with Crippen LogP contribution in [0.5, 0.6) is 0 Å². The lowest BCUT2D eigenvalue weighted by molar-refractivity contribution is -0.129. The van der Waals surface area contributed by atoms with Crippen LogP contribution in [0.25, 0.3) is 0 Å². The number of sulfone groups is 1. The number of likely N-dealkylation sites (tertiary alicyclic amines) is 1. The van der Waals surface area contributed by atoms with Crippen LogP contribution in [-0.4, -0.2) is 85.5 Å². The molecule has 2 saturated heterocycles. The number of anilines is 1. The molecule has 2 atom stereocenters. The monoisotopic (exact) mass is 409 g/mol. The molecule has 1 aromatic carbocycles. The molecule has 0 aliphatic carbocycles. The molecule has 0 bridgehead atoms. The molecular formula is C19H27N3O5S. The second-order valence-electron chi connectivity index (χ2n) is 7.54. The number of hydrogen-bond donors (Lipinski definition) is 2. The van der Waals surface area contributed by atoms with Gasteiger partial charge in [0.25, 0.3) is 5.91 Å². The molecule has 2 aliphatic heterocycles. The fraction of sp³-hybridized carbons (Fsp3) is 0.579. The van der Waals surface area contributed by atoms with Crippen LogP contribution in [0.15, 0.2) is 24.3 Å². The van der Waals surface area contributed by atoms with E-state index in [1.54, 1.807) is 36.2 Å². The number of rotatable bonds is 5. The van der Waals surface area contributed by atoms with E-state index in [-0.39, 0.29) is 35.9 Å². The zero-order valence-corrected chi connectivity index (χ0v) is 16.8. The minimum atomic E-state index is -3.05. The minimum absolute atomic E-state index is 0.0148. The highest BCUT2D eigenvalue weighted by Crippen LogP contribution is 2.18. The fourth-order valence-corrected chi connectivity index (χ4v) is 5.45. The quantitative estimate of drug-likeness (QED) is 0.726. The lowest BCUT2D eigenvalue weighted by Gasteiger charge is -2.30. The summed E-state index contributed by atoms with van der Waals surface area (Å²) in [6, 6.07) is 6.64. The zero-order valence-electron chi connectivity index (χ0n) is 16.0. The maximum atomic E-state index is 12.6. The van der Waals surface area contributed by atoms with Gasteiger partial charge in [-0.25, -0.2) is 8.42 Å². The van der Waals surface area contributed by atoms with Crippen molar-refractivity contribution in [1.82, 2.24) is 9.80 Å². The number of β-amino-alcohol motifs (C(OH)–C–C–N with tert-alkyl or cyclic N) is 1. The highest BCUT2D eigenvalue weighted by molar-refractivity contribution is 7.91. The lowest BCUT2D eigenvalue weighted by Crippen LogP contribution is -2.42. The molecule has 0 aromatic heterocycles. The summed E-state index contributed by atoms with van der Waals surface area (Å²) in [5, 5.41) is 12.8. The number of carbonyl (C=O) groups excluding carboxylic acids is 2. The van der Waals surface area contributed by atoms with Gasteiger partial charge in [0.15, 0.2) is 9.84 Å². The van der Waals surface area contributed by atoms with E-state index in [4.69, 9.17) is 0 Å². The summed E-state index contributed by atoms with van der Waals surface area (Å²) in [6.07, 6.45) is 1.48. The van der Waals surface area contributed by atoms with E-state index in [1.807, 2.05) is 0 Å². The maximum absolute atomic E-state index is 12.6. The van der Waals surface area contributed by atoms with Crippen LogP contribution in [0.3, 0.4) is 0 Å². The molecule has 0 radical (unpaired) electrons. The molecule has 8 nitrogen and oxygen atoms in total. The summed E-state index contributed by atoms with van der Waals surface area (Å²) in [4.78, 5) is 28.1. The van der Waals surface area contributed by atoms with Crippen molar-refractivity contribution in [3.8, 4) is 0 Å². The standard InChI is InChI=1S/C19H27N3O5S/c1-21(16-7-9-28(26,27)13-16)18(24)11-20-15-5-2-4-14(10-15)19(25)22-8-3-6-17(23)12-22/h2,4-5,10,16-17,20,23H,3,6-9,11-13H2,1H3/t16-,17-/m1/s1. The molecule has 28 heavy (non-hydrogen) atoms. The Morgan fingerprint density at radius 2 is 2.11 bits per heavy atom. The van der Waals surface area contributed by atoms with Gasteiger partial charge < -0.3 is 20.2 Å². The Balaban J connectivity index is 1.57. The van der Waals surface area contributed by atoms with Crippen LogP contribution in [0.4, 0.5) is 5.69 Å². The van der Waals surface area contributed by atoms with Crippen LogP contribution in [0.1, 0.15) is 29.6 Å². The maximum Gasteiger partial charge on any atom is 0.254 e. The molecular weight excluding hydrogens is 382 g/mol. The summed E-state index contributed by atoms with van der Waals surface area (Å²) in [5.74, 6) is -0.195. The molecule has 2 aliphatic rings. The van der Waals surface area contributed by atoms with Crippen LogP contribution in [0, 0.1) is 0 Å². The summed E-state index contributed by atoms with van der Waals surface area (Å²) < 4.78 is 23.2. The summed E-state index contributed by atoms with van der Waals surface area (Å²) in [6.45, 7) is 0.984. The number of aliphatic hydroxyl groups is 1. The summed E-state index contributed by atoms with van der Waals surface area (Å²) in [5.41, 5.74) is 1.14. The van der Waals surface area contributed by atoms with Gasteiger partial charge in [0.2, 0.25) is 5.91 Å². The smallest absolute Gasteiger partial charge is 0.254 e. The second-order valence-corrected chi connectivity index (χ2v) is 9.77. The molecule has 0 saturated carbocycles. The van der Waals surface area contributed by atoms with Crippen molar-refractivity contribution in [3.05, 3.63) is 29.8 Å². The van der Waals surface area contributed by atoms with E-state index in [0.29, 0.717) is 37.2 Å². The molecule has 2 amide bonds. The van der Waals surface area contributed by atoms with Gasteiger partial charge >= 0.3 is 0 Å².